The molecule has 0 radical (unpaired) electrons. The molecule has 142 valence electrons. The molecular weight excluding hydrogens is 350 g/mol. The van der Waals surface area contributed by atoms with Gasteiger partial charge >= 0.3 is 5.97 Å². The molecule has 2 amide bonds. The molecule has 0 aliphatic carbocycles. The van der Waals surface area contributed by atoms with Gasteiger partial charge in [0.05, 0.1) is 5.56 Å². The summed E-state index contributed by atoms with van der Waals surface area (Å²) in [6.07, 6.45) is 0. The van der Waals surface area contributed by atoms with E-state index in [1.807, 2.05) is 31.1 Å². The standard InChI is InChI=1S/C19H21N3O5/c1-22(2)14-9-7-13(8-10-14)21-17(23)11-27-18(24)12-26-16-6-4-3-5-15(16)19(20)25/h3-10H,11-12H2,1-2H3,(H2,20,25)(H,21,23). The average Bonchev–Trinajstić information content (AvgIpc) is 2.65. The van der Waals surface area contributed by atoms with E-state index >= 15 is 0 Å². The van der Waals surface area contributed by atoms with E-state index in [0.717, 1.165) is 5.69 Å². The molecule has 0 unspecified atom stereocenters. The number of anilines is 2. The van der Waals surface area contributed by atoms with E-state index in [0.29, 0.717) is 5.69 Å². The van der Waals surface area contributed by atoms with E-state index in [4.69, 9.17) is 15.2 Å². The number of carbonyl (C=O) groups is 3. The zero-order chi connectivity index (χ0) is 19.8. The van der Waals surface area contributed by atoms with Crippen LogP contribution in [0.4, 0.5) is 11.4 Å². The lowest BCUT2D eigenvalue weighted by Gasteiger charge is -2.13. The lowest BCUT2D eigenvalue weighted by molar-refractivity contribution is -0.149. The zero-order valence-electron chi connectivity index (χ0n) is 15.1. The van der Waals surface area contributed by atoms with E-state index in [1.54, 1.807) is 24.3 Å². The molecule has 8 heteroatoms. The molecule has 0 fully saturated rings. The van der Waals surface area contributed by atoms with Crippen LogP contribution in [0.5, 0.6) is 5.75 Å². The van der Waals surface area contributed by atoms with Gasteiger partial charge in [0.25, 0.3) is 11.8 Å². The Bertz CT molecular complexity index is 818. The van der Waals surface area contributed by atoms with Crippen molar-refractivity contribution in [3.05, 3.63) is 54.1 Å². The van der Waals surface area contributed by atoms with Crippen molar-refractivity contribution in [1.29, 1.82) is 0 Å². The number of esters is 1. The molecule has 27 heavy (non-hydrogen) atoms. The lowest BCUT2D eigenvalue weighted by Crippen LogP contribution is -2.24. The molecule has 8 nitrogen and oxygen atoms in total. The smallest absolute Gasteiger partial charge is 0.344 e. The van der Waals surface area contributed by atoms with Gasteiger partial charge in [-0.1, -0.05) is 12.1 Å². The Kier molecular flexibility index (Phi) is 6.76. The first-order valence-corrected chi connectivity index (χ1v) is 8.11. The molecule has 0 atom stereocenters. The van der Waals surface area contributed by atoms with Gasteiger partial charge in [-0.3, -0.25) is 9.59 Å². The molecule has 0 aromatic heterocycles. The Hall–Kier alpha value is -3.55. The highest BCUT2D eigenvalue weighted by Gasteiger charge is 2.12. The number of amides is 2. The van der Waals surface area contributed by atoms with E-state index in [9.17, 15) is 14.4 Å². The van der Waals surface area contributed by atoms with Gasteiger partial charge in [-0.05, 0) is 36.4 Å². The summed E-state index contributed by atoms with van der Waals surface area (Å²) in [5, 5.41) is 2.62. The van der Waals surface area contributed by atoms with Crippen LogP contribution in [0.1, 0.15) is 10.4 Å². The first-order valence-electron chi connectivity index (χ1n) is 8.11. The molecule has 0 saturated heterocycles. The monoisotopic (exact) mass is 371 g/mol. The number of nitrogens with two attached hydrogens (primary N) is 1. The maximum atomic E-state index is 11.9. The predicted molar refractivity (Wildman–Crippen MR) is 101 cm³/mol. The van der Waals surface area contributed by atoms with Gasteiger partial charge in [0.1, 0.15) is 5.75 Å². The highest BCUT2D eigenvalue weighted by molar-refractivity contribution is 5.95. The maximum absolute atomic E-state index is 11.9. The van der Waals surface area contributed by atoms with Crippen LogP contribution in [0, 0.1) is 0 Å². The Balaban J connectivity index is 1.78. The minimum Gasteiger partial charge on any atom is -0.481 e. The average molecular weight is 371 g/mol. The summed E-state index contributed by atoms with van der Waals surface area (Å²) in [7, 11) is 3.83. The minimum atomic E-state index is -0.743. The van der Waals surface area contributed by atoms with Crippen LogP contribution in [-0.2, 0) is 14.3 Å². The summed E-state index contributed by atoms with van der Waals surface area (Å²) >= 11 is 0. The summed E-state index contributed by atoms with van der Waals surface area (Å²) < 4.78 is 10.1. The first kappa shape index (κ1) is 19.8. The van der Waals surface area contributed by atoms with Crippen molar-refractivity contribution in [2.24, 2.45) is 5.73 Å². The number of carbonyl (C=O) groups excluding carboxylic acids is 3. The third kappa shape index (κ3) is 6.03. The van der Waals surface area contributed by atoms with E-state index in [1.165, 1.54) is 12.1 Å². The third-order valence-corrected chi connectivity index (χ3v) is 3.53. The molecule has 2 aromatic rings. The van der Waals surface area contributed by atoms with Gasteiger partial charge in [0.15, 0.2) is 13.2 Å². The molecule has 0 aliphatic rings. The van der Waals surface area contributed by atoms with Crippen molar-refractivity contribution in [3.8, 4) is 5.75 Å². The number of benzene rings is 2. The largest absolute Gasteiger partial charge is 0.481 e. The molecule has 2 aromatic carbocycles. The molecule has 2 rings (SSSR count). The fourth-order valence-electron chi connectivity index (χ4n) is 2.16. The summed E-state index contributed by atoms with van der Waals surface area (Å²) in [5.41, 5.74) is 6.97. The Morgan fingerprint density at radius 2 is 1.67 bits per heavy atom. The molecule has 0 saturated carbocycles. The van der Waals surface area contributed by atoms with Crippen LogP contribution in [0.2, 0.25) is 0 Å². The highest BCUT2D eigenvalue weighted by Crippen LogP contribution is 2.17. The molecule has 0 spiro atoms. The van der Waals surface area contributed by atoms with Crippen molar-refractivity contribution in [2.75, 3.05) is 37.5 Å². The van der Waals surface area contributed by atoms with Crippen LogP contribution in [0.25, 0.3) is 0 Å². The van der Waals surface area contributed by atoms with Crippen molar-refractivity contribution in [1.82, 2.24) is 0 Å². The lowest BCUT2D eigenvalue weighted by atomic mass is 10.2. The second kappa shape index (κ2) is 9.23. The Labute approximate surface area is 156 Å². The van der Waals surface area contributed by atoms with Gasteiger partial charge in [-0.25, -0.2) is 4.79 Å². The summed E-state index contributed by atoms with van der Waals surface area (Å²) in [6, 6.07) is 13.5. The number of nitrogens with zero attached hydrogens (tertiary/aromatic N) is 1. The predicted octanol–water partition coefficient (Wildman–Crippen LogP) is 1.41. The Morgan fingerprint density at radius 3 is 2.30 bits per heavy atom. The fraction of sp³-hybridized carbons (Fsp3) is 0.211. The van der Waals surface area contributed by atoms with Crippen LogP contribution in [0.3, 0.4) is 0 Å². The molecule has 0 bridgehead atoms. The number of hydrogen-bond donors (Lipinski definition) is 2. The van der Waals surface area contributed by atoms with E-state index in [2.05, 4.69) is 5.32 Å². The number of nitrogens with one attached hydrogen (secondary N) is 1. The zero-order valence-corrected chi connectivity index (χ0v) is 15.1. The van der Waals surface area contributed by atoms with Crippen LogP contribution >= 0.6 is 0 Å². The van der Waals surface area contributed by atoms with Crippen molar-refractivity contribution in [3.63, 3.8) is 0 Å². The molecule has 0 heterocycles. The number of hydrogen-bond acceptors (Lipinski definition) is 6. The van der Waals surface area contributed by atoms with Crippen LogP contribution in [0.15, 0.2) is 48.5 Å². The summed E-state index contributed by atoms with van der Waals surface area (Å²) in [6.45, 7) is -0.899. The molecule has 3 N–H and O–H groups in total. The van der Waals surface area contributed by atoms with E-state index < -0.39 is 31.0 Å². The van der Waals surface area contributed by atoms with Gasteiger partial charge in [0.2, 0.25) is 0 Å². The topological polar surface area (TPSA) is 111 Å². The third-order valence-electron chi connectivity index (χ3n) is 3.53. The number of primary amides is 1. The second-order valence-corrected chi connectivity index (χ2v) is 5.80. The minimum absolute atomic E-state index is 0.157. The van der Waals surface area contributed by atoms with Gasteiger partial charge < -0.3 is 25.4 Å². The molecule has 0 aliphatic heterocycles. The van der Waals surface area contributed by atoms with E-state index in [-0.39, 0.29) is 11.3 Å². The highest BCUT2D eigenvalue weighted by atomic mass is 16.6. The Morgan fingerprint density at radius 1 is 1.00 bits per heavy atom. The normalized spacial score (nSPS) is 10.0. The fourth-order valence-corrected chi connectivity index (χ4v) is 2.16. The van der Waals surface area contributed by atoms with Gasteiger partial charge in [0, 0.05) is 25.5 Å². The number of rotatable bonds is 8. The van der Waals surface area contributed by atoms with Gasteiger partial charge in [-0.2, -0.15) is 0 Å². The summed E-state index contributed by atoms with van der Waals surface area (Å²) in [4.78, 5) is 36.8. The quantitative estimate of drug-likeness (QED) is 0.679. The van der Waals surface area contributed by atoms with Crippen molar-refractivity contribution >= 4 is 29.2 Å². The molecular formula is C19H21N3O5. The van der Waals surface area contributed by atoms with Crippen molar-refractivity contribution < 1.29 is 23.9 Å². The van der Waals surface area contributed by atoms with Crippen molar-refractivity contribution in [2.45, 2.75) is 0 Å². The van der Waals surface area contributed by atoms with Gasteiger partial charge in [-0.15, -0.1) is 0 Å². The van der Waals surface area contributed by atoms with Crippen LogP contribution < -0.4 is 20.7 Å². The maximum Gasteiger partial charge on any atom is 0.344 e. The number of para-hydroxylation sites is 1. The first-order chi connectivity index (χ1) is 12.9. The van der Waals surface area contributed by atoms with Crippen LogP contribution in [-0.4, -0.2) is 45.1 Å². The SMILES string of the molecule is CN(C)c1ccc(NC(=O)COC(=O)COc2ccccc2C(N)=O)cc1. The second-order valence-electron chi connectivity index (χ2n) is 5.80. The summed E-state index contributed by atoms with van der Waals surface area (Å²) in [5.74, 6) is -1.71. The number of ether oxygens (including phenoxy) is 2.